The van der Waals surface area contributed by atoms with Crippen molar-refractivity contribution in [3.05, 3.63) is 61.2 Å². The van der Waals surface area contributed by atoms with Crippen molar-refractivity contribution >= 4 is 11.8 Å². The molecule has 2 rings (SSSR count). The highest BCUT2D eigenvalue weighted by Crippen LogP contribution is 2.20. The maximum absolute atomic E-state index is 12.2. The van der Waals surface area contributed by atoms with Crippen molar-refractivity contribution in [1.29, 1.82) is 0 Å². The molecule has 0 aromatic heterocycles. The van der Waals surface area contributed by atoms with E-state index in [4.69, 9.17) is 23.7 Å². The molecular formula is C30H40O7. The Labute approximate surface area is 220 Å². The molecule has 202 valence electrons. The lowest BCUT2D eigenvalue weighted by molar-refractivity contribution is -0.144. The van der Waals surface area contributed by atoms with Crippen molar-refractivity contribution in [2.45, 2.75) is 58.3 Å². The average Bonchev–Trinajstić information content (AvgIpc) is 2.92. The van der Waals surface area contributed by atoms with Gasteiger partial charge >= 0.3 is 5.97 Å². The number of ether oxygens (including phenoxy) is 5. The molecule has 7 heteroatoms. The van der Waals surface area contributed by atoms with Gasteiger partial charge in [-0.05, 0) is 42.8 Å². The van der Waals surface area contributed by atoms with E-state index in [0.29, 0.717) is 23.9 Å². The van der Waals surface area contributed by atoms with Crippen LogP contribution in [0.15, 0.2) is 61.2 Å². The third kappa shape index (κ3) is 14.0. The van der Waals surface area contributed by atoms with E-state index in [-0.39, 0.29) is 32.2 Å². The SMILES string of the molecule is C=CCOC(=O)COc1cccc(OCC(=O)COc2ccc(OCCCCCCCCCC)cc2)c1. The van der Waals surface area contributed by atoms with Crippen LogP contribution >= 0.6 is 0 Å². The van der Waals surface area contributed by atoms with Crippen molar-refractivity contribution < 1.29 is 33.3 Å². The molecule has 0 bridgehead atoms. The summed E-state index contributed by atoms with van der Waals surface area (Å²) in [6, 6.07) is 14.0. The smallest absolute Gasteiger partial charge is 0.344 e. The predicted molar refractivity (Wildman–Crippen MR) is 144 cm³/mol. The lowest BCUT2D eigenvalue weighted by Gasteiger charge is -2.10. The number of hydrogen-bond donors (Lipinski definition) is 0. The Morgan fingerprint density at radius 2 is 1.24 bits per heavy atom. The third-order valence-corrected chi connectivity index (χ3v) is 5.41. The number of carbonyl (C=O) groups excluding carboxylic acids is 2. The number of unbranched alkanes of at least 4 members (excludes halogenated alkanes) is 7. The largest absolute Gasteiger partial charge is 0.494 e. The molecule has 0 saturated heterocycles. The summed E-state index contributed by atoms with van der Waals surface area (Å²) in [6.07, 6.45) is 11.6. The minimum Gasteiger partial charge on any atom is -0.494 e. The molecule has 0 radical (unpaired) electrons. The number of hydrogen-bond acceptors (Lipinski definition) is 7. The molecule has 0 aliphatic rings. The molecule has 0 unspecified atom stereocenters. The molecule has 0 spiro atoms. The van der Waals surface area contributed by atoms with Gasteiger partial charge in [0.2, 0.25) is 5.78 Å². The molecule has 0 aliphatic carbocycles. The van der Waals surface area contributed by atoms with Gasteiger partial charge in [-0.1, -0.05) is 70.6 Å². The fourth-order valence-electron chi connectivity index (χ4n) is 3.42. The van der Waals surface area contributed by atoms with E-state index in [9.17, 15) is 9.59 Å². The minimum absolute atomic E-state index is 0.107. The Morgan fingerprint density at radius 1 is 0.703 bits per heavy atom. The Balaban J connectivity index is 1.59. The van der Waals surface area contributed by atoms with Crippen LogP contribution in [0.1, 0.15) is 58.3 Å². The molecular weight excluding hydrogens is 472 g/mol. The van der Waals surface area contributed by atoms with Gasteiger partial charge in [0.1, 0.15) is 42.8 Å². The summed E-state index contributed by atoms with van der Waals surface area (Å²) in [5.41, 5.74) is 0. The molecule has 7 nitrogen and oxygen atoms in total. The normalized spacial score (nSPS) is 10.4. The predicted octanol–water partition coefficient (Wildman–Crippen LogP) is 6.34. The van der Waals surface area contributed by atoms with Gasteiger partial charge in [0.15, 0.2) is 6.61 Å². The molecule has 0 aliphatic heterocycles. The van der Waals surface area contributed by atoms with Gasteiger partial charge < -0.3 is 23.7 Å². The van der Waals surface area contributed by atoms with Gasteiger partial charge in [-0.2, -0.15) is 0 Å². The standard InChI is InChI=1S/C30H40O7/c1-3-5-6-7-8-9-10-11-20-33-26-15-17-27(18-16-26)35-22-25(31)23-36-28-13-12-14-29(21-28)37-24-30(32)34-19-4-2/h4,12-18,21H,2-3,5-11,19-20,22-24H2,1H3. The quantitative estimate of drug-likeness (QED) is 0.110. The number of Topliss-reactive ketones (excluding diaryl/α,β-unsaturated/α-hetero) is 1. The fourth-order valence-corrected chi connectivity index (χ4v) is 3.42. The second kappa shape index (κ2) is 18.7. The van der Waals surface area contributed by atoms with Crippen LogP contribution in [0.25, 0.3) is 0 Å². The van der Waals surface area contributed by atoms with E-state index in [1.807, 2.05) is 12.1 Å². The first-order valence-corrected chi connectivity index (χ1v) is 13.1. The molecule has 0 fully saturated rings. The zero-order valence-corrected chi connectivity index (χ0v) is 22.0. The monoisotopic (exact) mass is 512 g/mol. The molecule has 0 N–H and O–H groups in total. The summed E-state index contributed by atoms with van der Waals surface area (Å²) in [4.78, 5) is 23.7. The second-order valence-corrected chi connectivity index (χ2v) is 8.65. The van der Waals surface area contributed by atoms with Crippen LogP contribution in [0.3, 0.4) is 0 Å². The van der Waals surface area contributed by atoms with Crippen LogP contribution in [0.2, 0.25) is 0 Å². The summed E-state index contributed by atoms with van der Waals surface area (Å²) in [6.45, 7) is 6.07. The molecule has 0 saturated carbocycles. The molecule has 0 amide bonds. The highest BCUT2D eigenvalue weighted by atomic mass is 16.6. The van der Waals surface area contributed by atoms with Crippen LogP contribution in [0, 0.1) is 0 Å². The van der Waals surface area contributed by atoms with Crippen molar-refractivity contribution in [2.75, 3.05) is 33.0 Å². The lowest BCUT2D eigenvalue weighted by atomic mass is 10.1. The van der Waals surface area contributed by atoms with Crippen molar-refractivity contribution in [3.63, 3.8) is 0 Å². The Hall–Kier alpha value is -3.48. The van der Waals surface area contributed by atoms with Crippen molar-refractivity contribution in [3.8, 4) is 23.0 Å². The lowest BCUT2D eigenvalue weighted by Crippen LogP contribution is -2.19. The van der Waals surface area contributed by atoms with Gasteiger partial charge in [0.05, 0.1) is 6.61 Å². The van der Waals surface area contributed by atoms with Gasteiger partial charge in [0.25, 0.3) is 0 Å². The topological polar surface area (TPSA) is 80.3 Å². The van der Waals surface area contributed by atoms with E-state index >= 15 is 0 Å². The number of ketones is 1. The van der Waals surface area contributed by atoms with E-state index in [1.165, 1.54) is 51.0 Å². The van der Waals surface area contributed by atoms with Crippen LogP contribution in [-0.2, 0) is 14.3 Å². The third-order valence-electron chi connectivity index (χ3n) is 5.41. The summed E-state index contributed by atoms with van der Waals surface area (Å²) >= 11 is 0. The molecule has 0 atom stereocenters. The highest BCUT2D eigenvalue weighted by molar-refractivity contribution is 5.81. The van der Waals surface area contributed by atoms with Crippen molar-refractivity contribution in [1.82, 2.24) is 0 Å². The summed E-state index contributed by atoms with van der Waals surface area (Å²) in [5.74, 6) is 1.55. The van der Waals surface area contributed by atoms with Crippen LogP contribution in [-0.4, -0.2) is 44.8 Å². The molecule has 37 heavy (non-hydrogen) atoms. The highest BCUT2D eigenvalue weighted by Gasteiger charge is 2.08. The van der Waals surface area contributed by atoms with Gasteiger partial charge in [0, 0.05) is 6.07 Å². The average molecular weight is 513 g/mol. The first-order valence-electron chi connectivity index (χ1n) is 13.1. The van der Waals surface area contributed by atoms with Gasteiger partial charge in [-0.25, -0.2) is 4.79 Å². The molecule has 2 aromatic carbocycles. The Kier molecular flexibility index (Phi) is 15.1. The van der Waals surface area contributed by atoms with Crippen LogP contribution in [0.4, 0.5) is 0 Å². The van der Waals surface area contributed by atoms with E-state index in [0.717, 1.165) is 12.2 Å². The van der Waals surface area contributed by atoms with Gasteiger partial charge in [-0.15, -0.1) is 0 Å². The second-order valence-electron chi connectivity index (χ2n) is 8.65. The van der Waals surface area contributed by atoms with E-state index in [2.05, 4.69) is 13.5 Å². The summed E-state index contributed by atoms with van der Waals surface area (Å²) < 4.78 is 27.1. The van der Waals surface area contributed by atoms with Crippen LogP contribution in [0.5, 0.6) is 23.0 Å². The molecule has 2 aromatic rings. The maximum atomic E-state index is 12.2. The number of esters is 1. The van der Waals surface area contributed by atoms with E-state index < -0.39 is 5.97 Å². The first-order chi connectivity index (χ1) is 18.1. The minimum atomic E-state index is -0.498. The zero-order chi connectivity index (χ0) is 26.6. The maximum Gasteiger partial charge on any atom is 0.344 e. The zero-order valence-electron chi connectivity index (χ0n) is 22.0. The Morgan fingerprint density at radius 3 is 1.86 bits per heavy atom. The van der Waals surface area contributed by atoms with Crippen LogP contribution < -0.4 is 18.9 Å². The first kappa shape index (κ1) is 29.7. The summed E-state index contributed by atoms with van der Waals surface area (Å²) in [5, 5.41) is 0. The van der Waals surface area contributed by atoms with E-state index in [1.54, 1.807) is 36.4 Å². The number of benzene rings is 2. The number of rotatable bonds is 21. The Bertz CT molecular complexity index is 924. The molecule has 0 heterocycles. The summed E-state index contributed by atoms with van der Waals surface area (Å²) in [7, 11) is 0. The van der Waals surface area contributed by atoms with Crippen molar-refractivity contribution in [2.24, 2.45) is 0 Å². The van der Waals surface area contributed by atoms with Gasteiger partial charge in [-0.3, -0.25) is 4.79 Å². The fraction of sp³-hybridized carbons (Fsp3) is 0.467. The number of carbonyl (C=O) groups is 2.